The summed E-state index contributed by atoms with van der Waals surface area (Å²) >= 11 is 0. The highest BCUT2D eigenvalue weighted by atomic mass is 32.2. The van der Waals surface area contributed by atoms with Crippen LogP contribution in [0.15, 0.2) is 48.5 Å². The lowest BCUT2D eigenvalue weighted by Crippen LogP contribution is -2.06. The summed E-state index contributed by atoms with van der Waals surface area (Å²) < 4.78 is 54.4. The van der Waals surface area contributed by atoms with Gasteiger partial charge in [0.25, 0.3) is 0 Å². The molecule has 2 aromatic rings. The van der Waals surface area contributed by atoms with Gasteiger partial charge in [-0.25, -0.2) is 0 Å². The molecule has 0 aliphatic rings. The van der Waals surface area contributed by atoms with Gasteiger partial charge in [0.05, 0.1) is 12.5 Å². The number of benzene rings is 2. The molecule has 0 unspecified atom stereocenters. The number of hydrogen-bond donors (Lipinski definition) is 0. The molecule has 0 amide bonds. The first-order valence-electron chi connectivity index (χ1n) is 6.12. The van der Waals surface area contributed by atoms with E-state index in [-0.39, 0.29) is 11.5 Å². The molecule has 0 aromatic heterocycles. The predicted octanol–water partition coefficient (Wildman–Crippen LogP) is 2.03. The molecule has 8 heteroatoms. The lowest BCUT2D eigenvalue weighted by Gasteiger charge is -2.10. The summed E-state index contributed by atoms with van der Waals surface area (Å²) in [5, 5.41) is 0. The van der Waals surface area contributed by atoms with Crippen molar-refractivity contribution in [2.75, 3.05) is 12.5 Å². The van der Waals surface area contributed by atoms with Gasteiger partial charge in [-0.3, -0.25) is 0 Å². The Morgan fingerprint density at radius 3 is 1.82 bits per heavy atom. The molecule has 2 rings (SSSR count). The van der Waals surface area contributed by atoms with Gasteiger partial charge in [0, 0.05) is 5.56 Å². The van der Waals surface area contributed by atoms with E-state index in [9.17, 15) is 16.8 Å². The normalized spacial score (nSPS) is 11.9. The third-order valence-corrected chi connectivity index (χ3v) is 3.52. The third-order valence-electron chi connectivity index (χ3n) is 2.54. The van der Waals surface area contributed by atoms with E-state index in [1.165, 1.54) is 18.2 Å². The molecule has 0 atom stereocenters. The van der Waals surface area contributed by atoms with Crippen molar-refractivity contribution in [3.63, 3.8) is 0 Å². The Morgan fingerprint density at radius 1 is 0.727 bits per heavy atom. The number of para-hydroxylation sites is 1. The molecule has 2 aromatic carbocycles. The molecule has 0 heterocycles. The van der Waals surface area contributed by atoms with Crippen LogP contribution in [0.4, 0.5) is 0 Å². The molecule has 0 bridgehead atoms. The van der Waals surface area contributed by atoms with Gasteiger partial charge in [0.1, 0.15) is 11.5 Å². The summed E-state index contributed by atoms with van der Waals surface area (Å²) in [6, 6.07) is 12.8. The van der Waals surface area contributed by atoms with Gasteiger partial charge in [0.15, 0.2) is 0 Å². The number of hydrogen-bond acceptors (Lipinski definition) is 6. The first-order chi connectivity index (χ1) is 10.1. The van der Waals surface area contributed by atoms with Crippen molar-refractivity contribution in [2.45, 2.75) is 0 Å². The molecule has 0 saturated heterocycles. The minimum absolute atomic E-state index is 0.174. The van der Waals surface area contributed by atoms with E-state index in [2.05, 4.69) is 0 Å². The number of rotatable bonds is 5. The van der Waals surface area contributed by atoms with Crippen molar-refractivity contribution in [1.29, 1.82) is 0 Å². The van der Waals surface area contributed by atoms with E-state index < -0.39 is 20.2 Å². The van der Waals surface area contributed by atoms with Crippen molar-refractivity contribution in [3.8, 4) is 22.6 Å². The van der Waals surface area contributed by atoms with Crippen LogP contribution < -0.4 is 8.37 Å². The predicted molar refractivity (Wildman–Crippen MR) is 82.8 cm³/mol. The minimum atomic E-state index is -3.64. The second-order valence-electron chi connectivity index (χ2n) is 4.60. The maximum absolute atomic E-state index is 11.3. The molecular weight excluding hydrogens is 328 g/mol. The quantitative estimate of drug-likeness (QED) is 0.773. The second kappa shape index (κ2) is 5.98. The van der Waals surface area contributed by atoms with Gasteiger partial charge in [0.2, 0.25) is 0 Å². The standard InChI is InChI=1S/C14H14O6S2/c1-21(15,16)19-12-9-7-11(8-10-12)13-5-3-4-6-14(13)20-22(2,17)18/h3-10H,1-2H3. The summed E-state index contributed by atoms with van der Waals surface area (Å²) in [7, 11) is -7.23. The van der Waals surface area contributed by atoms with Crippen LogP contribution in [0.2, 0.25) is 0 Å². The Labute approximate surface area is 129 Å². The highest BCUT2D eigenvalue weighted by Gasteiger charge is 2.11. The average molecular weight is 342 g/mol. The zero-order valence-corrected chi connectivity index (χ0v) is 13.5. The molecule has 0 saturated carbocycles. The van der Waals surface area contributed by atoms with Crippen molar-refractivity contribution < 1.29 is 25.2 Å². The Hall–Kier alpha value is -2.06. The fraction of sp³-hybridized carbons (Fsp3) is 0.143. The first kappa shape index (κ1) is 16.3. The molecule has 0 N–H and O–H groups in total. The first-order valence-corrected chi connectivity index (χ1v) is 9.76. The lowest BCUT2D eigenvalue weighted by molar-refractivity contribution is 0.491. The molecular formula is C14H14O6S2. The molecule has 0 radical (unpaired) electrons. The molecule has 6 nitrogen and oxygen atoms in total. The van der Waals surface area contributed by atoms with Crippen LogP contribution >= 0.6 is 0 Å². The fourth-order valence-electron chi connectivity index (χ4n) is 1.81. The molecule has 0 spiro atoms. The van der Waals surface area contributed by atoms with Crippen LogP contribution in [0.5, 0.6) is 11.5 Å². The van der Waals surface area contributed by atoms with Gasteiger partial charge < -0.3 is 8.37 Å². The van der Waals surface area contributed by atoms with Crippen molar-refractivity contribution in [3.05, 3.63) is 48.5 Å². The maximum Gasteiger partial charge on any atom is 0.306 e. The van der Waals surface area contributed by atoms with Crippen LogP contribution in [-0.4, -0.2) is 29.3 Å². The topological polar surface area (TPSA) is 86.7 Å². The SMILES string of the molecule is CS(=O)(=O)Oc1ccc(-c2ccccc2OS(C)(=O)=O)cc1. The van der Waals surface area contributed by atoms with Crippen molar-refractivity contribution in [1.82, 2.24) is 0 Å². The molecule has 0 fully saturated rings. The van der Waals surface area contributed by atoms with Crippen LogP contribution in [0, 0.1) is 0 Å². The second-order valence-corrected chi connectivity index (χ2v) is 7.75. The highest BCUT2D eigenvalue weighted by molar-refractivity contribution is 7.86. The smallest absolute Gasteiger partial charge is 0.306 e. The van der Waals surface area contributed by atoms with Gasteiger partial charge in [-0.2, -0.15) is 16.8 Å². The van der Waals surface area contributed by atoms with Gasteiger partial charge in [-0.15, -0.1) is 0 Å². The van der Waals surface area contributed by atoms with Crippen LogP contribution in [0.1, 0.15) is 0 Å². The summed E-state index contributed by atoms with van der Waals surface area (Å²) in [6.45, 7) is 0. The van der Waals surface area contributed by atoms with Crippen molar-refractivity contribution in [2.24, 2.45) is 0 Å². The monoisotopic (exact) mass is 342 g/mol. The maximum atomic E-state index is 11.3. The van der Waals surface area contributed by atoms with Crippen molar-refractivity contribution >= 4 is 20.2 Å². The Bertz CT molecular complexity index is 868. The van der Waals surface area contributed by atoms with E-state index in [0.717, 1.165) is 12.5 Å². The molecule has 0 aliphatic carbocycles. The summed E-state index contributed by atoms with van der Waals surface area (Å²) in [4.78, 5) is 0. The Morgan fingerprint density at radius 2 is 1.27 bits per heavy atom. The summed E-state index contributed by atoms with van der Waals surface area (Å²) in [5.41, 5.74) is 1.24. The minimum Gasteiger partial charge on any atom is -0.383 e. The molecule has 22 heavy (non-hydrogen) atoms. The van der Waals surface area contributed by atoms with Crippen LogP contribution in [-0.2, 0) is 20.2 Å². The van der Waals surface area contributed by atoms with E-state index >= 15 is 0 Å². The summed E-state index contributed by atoms with van der Waals surface area (Å²) in [5.74, 6) is 0.370. The third kappa shape index (κ3) is 4.74. The molecule has 118 valence electrons. The van der Waals surface area contributed by atoms with Gasteiger partial charge in [-0.05, 0) is 23.8 Å². The average Bonchev–Trinajstić information content (AvgIpc) is 2.37. The Kier molecular flexibility index (Phi) is 4.43. The lowest BCUT2D eigenvalue weighted by atomic mass is 10.0. The van der Waals surface area contributed by atoms with Crippen LogP contribution in [0.25, 0.3) is 11.1 Å². The Balaban J connectivity index is 2.37. The van der Waals surface area contributed by atoms with Crippen LogP contribution in [0.3, 0.4) is 0 Å². The van der Waals surface area contributed by atoms with E-state index in [1.807, 2.05) is 0 Å². The van der Waals surface area contributed by atoms with E-state index in [1.54, 1.807) is 30.3 Å². The zero-order valence-electron chi connectivity index (χ0n) is 11.9. The zero-order chi connectivity index (χ0) is 16.4. The van der Waals surface area contributed by atoms with Gasteiger partial charge >= 0.3 is 20.2 Å². The van der Waals surface area contributed by atoms with Gasteiger partial charge in [-0.1, -0.05) is 30.3 Å². The highest BCUT2D eigenvalue weighted by Crippen LogP contribution is 2.31. The van der Waals surface area contributed by atoms with E-state index in [0.29, 0.717) is 11.1 Å². The molecule has 0 aliphatic heterocycles. The largest absolute Gasteiger partial charge is 0.383 e. The van der Waals surface area contributed by atoms with E-state index in [4.69, 9.17) is 8.37 Å². The fourth-order valence-corrected chi connectivity index (χ4v) is 2.74. The summed E-state index contributed by atoms with van der Waals surface area (Å²) in [6.07, 6.45) is 1.92.